The van der Waals surface area contributed by atoms with E-state index in [0.717, 1.165) is 11.1 Å². The van der Waals surface area contributed by atoms with Crippen molar-refractivity contribution in [2.75, 3.05) is 11.5 Å². The number of phenols is 1. The van der Waals surface area contributed by atoms with Gasteiger partial charge in [-0.2, -0.15) is 0 Å². The van der Waals surface area contributed by atoms with Crippen LogP contribution in [-0.2, 0) is 28.0 Å². The molecule has 3 heteroatoms. The quantitative estimate of drug-likeness (QED) is 0.611. The molecule has 84 valence electrons. The fraction of sp³-hybridized carbons (Fsp3) is 0.500. The van der Waals surface area contributed by atoms with Crippen molar-refractivity contribution in [2.24, 2.45) is 0 Å². The van der Waals surface area contributed by atoms with Gasteiger partial charge in [0.1, 0.15) is 17.3 Å². The number of rotatable bonds is 1. The van der Waals surface area contributed by atoms with Gasteiger partial charge >= 0.3 is 0 Å². The van der Waals surface area contributed by atoms with Crippen LogP contribution in [0, 0.1) is 13.8 Å². The van der Waals surface area contributed by atoms with Gasteiger partial charge in [0.2, 0.25) is 0 Å². The van der Waals surface area contributed by atoms with E-state index in [9.17, 15) is 5.11 Å². The summed E-state index contributed by atoms with van der Waals surface area (Å²) in [6.45, 7) is 3.98. The summed E-state index contributed by atoms with van der Waals surface area (Å²) in [6, 6.07) is 4.33. The van der Waals surface area contributed by atoms with Crippen LogP contribution in [0.2, 0.25) is 0 Å². The molecule has 0 spiro atoms. The second-order valence-electron chi connectivity index (χ2n) is 4.01. The van der Waals surface area contributed by atoms with Gasteiger partial charge in [-0.15, -0.1) is 0 Å². The van der Waals surface area contributed by atoms with Crippen LogP contribution < -0.4 is 0 Å². The van der Waals surface area contributed by atoms with E-state index in [-0.39, 0.29) is 17.1 Å². The maximum absolute atomic E-state index is 9.68. The topological polar surface area (TPSA) is 20.2 Å². The molecule has 1 heterocycles. The Morgan fingerprint density at radius 2 is 1.53 bits per heavy atom. The van der Waals surface area contributed by atoms with Gasteiger partial charge in [0.05, 0.1) is 0 Å². The van der Waals surface area contributed by atoms with Crippen molar-refractivity contribution in [3.8, 4) is 5.75 Å². The summed E-state index contributed by atoms with van der Waals surface area (Å²) in [5, 5.41) is 9.68. The fourth-order valence-electron chi connectivity index (χ4n) is 1.97. The summed E-state index contributed by atoms with van der Waals surface area (Å²) in [5.74, 6) is 3.17. The molecule has 0 aliphatic carbocycles. The number of hydrogen-bond donors (Lipinski definition) is 1. The van der Waals surface area contributed by atoms with E-state index < -0.39 is 0 Å². The monoisotopic (exact) mass is 265 g/mol. The van der Waals surface area contributed by atoms with Gasteiger partial charge in [-0.3, -0.25) is 0 Å². The summed E-state index contributed by atoms with van der Waals surface area (Å²) in [6.07, 6.45) is 2.75. The maximum Gasteiger partial charge on any atom is 0.155 e. The van der Waals surface area contributed by atoms with Crippen LogP contribution in [-0.4, -0.2) is 16.6 Å². The summed E-state index contributed by atoms with van der Waals surface area (Å²) in [4.78, 5) is 1.45. The normalized spacial score (nSPS) is 16.4. The summed E-state index contributed by atoms with van der Waals surface area (Å²) < 4.78 is 0. The molecule has 0 atom stereocenters. The average Bonchev–Trinajstić information content (AvgIpc) is 2.66. The Hall–Kier alpha value is -0.111. The molecule has 1 nitrogen and oxygen atoms in total. The molecular formula is C12H17FeOS+. The molecule has 0 radical (unpaired) electrons. The molecular weight excluding hydrogens is 248 g/mol. The van der Waals surface area contributed by atoms with Gasteiger partial charge < -0.3 is 5.11 Å². The van der Waals surface area contributed by atoms with Crippen LogP contribution in [0.1, 0.15) is 24.0 Å². The zero-order chi connectivity index (χ0) is 10.1. The third-order valence-corrected chi connectivity index (χ3v) is 5.29. The van der Waals surface area contributed by atoms with E-state index >= 15 is 0 Å². The molecule has 2 rings (SSSR count). The molecule has 0 unspecified atom stereocenters. The van der Waals surface area contributed by atoms with E-state index in [0.29, 0.717) is 16.6 Å². The van der Waals surface area contributed by atoms with E-state index in [4.69, 9.17) is 0 Å². The van der Waals surface area contributed by atoms with Gasteiger partial charge in [-0.1, -0.05) is 0 Å². The number of benzene rings is 1. The van der Waals surface area contributed by atoms with Gasteiger partial charge in [0.15, 0.2) is 4.90 Å². The van der Waals surface area contributed by atoms with Crippen LogP contribution in [0.4, 0.5) is 0 Å². The molecule has 0 aromatic heterocycles. The summed E-state index contributed by atoms with van der Waals surface area (Å²) in [7, 11) is 0.469. The predicted molar refractivity (Wildman–Crippen MR) is 62.2 cm³/mol. The molecule has 1 N–H and O–H groups in total. The van der Waals surface area contributed by atoms with E-state index in [2.05, 4.69) is 12.1 Å². The molecule has 1 fully saturated rings. The van der Waals surface area contributed by atoms with Gasteiger partial charge in [0.25, 0.3) is 0 Å². The Balaban J connectivity index is 0.00000112. The van der Waals surface area contributed by atoms with Crippen LogP contribution in [0.25, 0.3) is 0 Å². The molecule has 1 saturated heterocycles. The van der Waals surface area contributed by atoms with Crippen molar-refractivity contribution in [3.05, 3.63) is 23.3 Å². The first kappa shape index (κ1) is 13.0. The van der Waals surface area contributed by atoms with Crippen LogP contribution >= 0.6 is 0 Å². The minimum atomic E-state index is 0. The fourth-order valence-corrected chi connectivity index (χ4v) is 4.44. The first-order valence-electron chi connectivity index (χ1n) is 5.16. The molecule has 1 aromatic rings. The zero-order valence-corrected chi connectivity index (χ0v) is 11.1. The minimum absolute atomic E-state index is 0. The number of hydrogen-bond acceptors (Lipinski definition) is 1. The van der Waals surface area contributed by atoms with Crippen LogP contribution in [0.15, 0.2) is 17.0 Å². The van der Waals surface area contributed by atoms with Crippen molar-refractivity contribution in [1.29, 1.82) is 0 Å². The first-order chi connectivity index (χ1) is 6.68. The van der Waals surface area contributed by atoms with E-state index in [1.807, 2.05) is 13.8 Å². The maximum atomic E-state index is 9.68. The smallest absolute Gasteiger partial charge is 0.155 e. The SMILES string of the molecule is Cc1cc([S+]2CCCC2)cc(C)c1O.[Fe]. The predicted octanol–water partition coefficient (Wildman–Crippen LogP) is 2.78. The van der Waals surface area contributed by atoms with Crippen LogP contribution in [0.3, 0.4) is 0 Å². The average molecular weight is 265 g/mol. The second-order valence-corrected chi connectivity index (χ2v) is 6.29. The largest absolute Gasteiger partial charge is 0.507 e. The van der Waals surface area contributed by atoms with Crippen molar-refractivity contribution in [1.82, 2.24) is 0 Å². The van der Waals surface area contributed by atoms with Gasteiger partial charge in [-0.05, 0) is 49.9 Å². The minimum Gasteiger partial charge on any atom is -0.507 e. The van der Waals surface area contributed by atoms with Crippen molar-refractivity contribution < 1.29 is 22.2 Å². The summed E-state index contributed by atoms with van der Waals surface area (Å²) >= 11 is 0. The molecule has 0 saturated carbocycles. The van der Waals surface area contributed by atoms with E-state index in [1.54, 1.807) is 0 Å². The van der Waals surface area contributed by atoms with E-state index in [1.165, 1.54) is 29.2 Å². The Bertz CT molecular complexity index is 322. The number of aromatic hydroxyl groups is 1. The number of aryl methyl sites for hydroxylation is 2. The van der Waals surface area contributed by atoms with Crippen molar-refractivity contribution in [2.45, 2.75) is 31.6 Å². The first-order valence-corrected chi connectivity index (χ1v) is 6.72. The van der Waals surface area contributed by atoms with Gasteiger partial charge in [0, 0.05) is 28.0 Å². The Morgan fingerprint density at radius 1 is 1.07 bits per heavy atom. The number of phenolic OH excluding ortho intramolecular Hbond substituents is 1. The Labute approximate surface area is 105 Å². The third-order valence-electron chi connectivity index (χ3n) is 2.83. The molecule has 1 aliphatic heterocycles. The standard InChI is InChI=1S/C12H16OS.Fe/c1-9-7-11(8-10(2)12(9)13)14-5-3-4-6-14;/h7-8H,3-6H2,1-2H3;/p+1. The molecule has 0 bridgehead atoms. The molecule has 1 aliphatic rings. The Morgan fingerprint density at radius 3 is 2.00 bits per heavy atom. The second kappa shape index (κ2) is 5.29. The molecule has 0 amide bonds. The van der Waals surface area contributed by atoms with Gasteiger partial charge in [-0.25, -0.2) is 0 Å². The molecule has 1 aromatic carbocycles. The van der Waals surface area contributed by atoms with Crippen molar-refractivity contribution >= 4 is 10.9 Å². The third kappa shape index (κ3) is 2.72. The Kier molecular flexibility index (Phi) is 4.57. The van der Waals surface area contributed by atoms with Crippen molar-refractivity contribution in [3.63, 3.8) is 0 Å². The molecule has 15 heavy (non-hydrogen) atoms. The zero-order valence-electron chi connectivity index (χ0n) is 9.19. The van der Waals surface area contributed by atoms with Crippen LogP contribution in [0.5, 0.6) is 5.75 Å². The summed E-state index contributed by atoms with van der Waals surface area (Å²) in [5.41, 5.74) is 2.05.